The van der Waals surface area contributed by atoms with Gasteiger partial charge in [-0.15, -0.1) is 0 Å². The van der Waals surface area contributed by atoms with Gasteiger partial charge in [-0.05, 0) is 41.2 Å². The molecule has 0 N–H and O–H groups in total. The van der Waals surface area contributed by atoms with E-state index < -0.39 is 0 Å². The summed E-state index contributed by atoms with van der Waals surface area (Å²) in [5.41, 5.74) is 6.25. The summed E-state index contributed by atoms with van der Waals surface area (Å²) in [6, 6.07) is 27.4. The van der Waals surface area contributed by atoms with Crippen molar-refractivity contribution in [1.29, 1.82) is 0 Å². The molecule has 2 nitrogen and oxygen atoms in total. The minimum absolute atomic E-state index is 0.239. The van der Waals surface area contributed by atoms with E-state index in [4.69, 9.17) is 0 Å². The largest absolute Gasteiger partial charge is 0.342 e. The number of thioether (sulfide) groups is 1. The maximum absolute atomic E-state index is 12.9. The number of benzene rings is 3. The van der Waals surface area contributed by atoms with Crippen LogP contribution in [0.5, 0.6) is 0 Å². The molecule has 1 aliphatic rings. The Balaban J connectivity index is 1.37. The Hall–Kier alpha value is -2.52. The Morgan fingerprint density at radius 2 is 1.59 bits per heavy atom. The Morgan fingerprint density at radius 1 is 0.897 bits per heavy atom. The lowest BCUT2D eigenvalue weighted by Gasteiger charge is -2.21. The molecule has 0 saturated carbocycles. The highest BCUT2D eigenvalue weighted by molar-refractivity contribution is 7.99. The molecule has 1 heterocycles. The third-order valence-corrected chi connectivity index (χ3v) is 6.96. The van der Waals surface area contributed by atoms with Crippen LogP contribution in [0.4, 0.5) is 0 Å². The van der Waals surface area contributed by atoms with Crippen molar-refractivity contribution < 1.29 is 4.79 Å². The van der Waals surface area contributed by atoms with Crippen molar-refractivity contribution in [3.63, 3.8) is 0 Å². The second-order valence-corrected chi connectivity index (χ2v) is 8.94. The first kappa shape index (κ1) is 19.8. The zero-order chi connectivity index (χ0) is 20.1. The summed E-state index contributed by atoms with van der Waals surface area (Å²) in [7, 11) is 0. The molecule has 1 atom stereocenters. The standard InChI is InChI=1S/C26H27NOS/c1-20-7-5-6-10-24(20)25-15-16-27(17-18-29-25)26(28)19-21-11-13-23(14-12-21)22-8-3-2-4-9-22/h2-14,25H,15-19H2,1H3. The van der Waals surface area contributed by atoms with E-state index in [0.29, 0.717) is 11.7 Å². The van der Waals surface area contributed by atoms with Crippen LogP contribution in [0, 0.1) is 6.92 Å². The van der Waals surface area contributed by atoms with Crippen molar-refractivity contribution in [2.24, 2.45) is 0 Å². The number of hydrogen-bond donors (Lipinski definition) is 0. The molecule has 0 bridgehead atoms. The predicted octanol–water partition coefficient (Wildman–Crippen LogP) is 5.91. The summed E-state index contributed by atoms with van der Waals surface area (Å²) >= 11 is 1.98. The second kappa shape index (κ2) is 9.32. The molecule has 1 saturated heterocycles. The molecule has 4 rings (SSSR count). The monoisotopic (exact) mass is 401 g/mol. The molecule has 1 unspecified atom stereocenters. The minimum atomic E-state index is 0.239. The molecular formula is C26H27NOS. The minimum Gasteiger partial charge on any atom is -0.342 e. The Bertz CT molecular complexity index is 952. The number of carbonyl (C=O) groups excluding carboxylic acids is 1. The summed E-state index contributed by atoms with van der Waals surface area (Å²) in [5, 5.41) is 0.485. The zero-order valence-corrected chi connectivity index (χ0v) is 17.7. The smallest absolute Gasteiger partial charge is 0.227 e. The first-order chi connectivity index (χ1) is 14.2. The van der Waals surface area contributed by atoms with Gasteiger partial charge in [0, 0.05) is 24.1 Å². The van der Waals surface area contributed by atoms with E-state index in [0.717, 1.165) is 30.8 Å². The van der Waals surface area contributed by atoms with Crippen LogP contribution in [0.15, 0.2) is 78.9 Å². The first-order valence-electron chi connectivity index (χ1n) is 10.3. The van der Waals surface area contributed by atoms with E-state index >= 15 is 0 Å². The molecule has 0 spiro atoms. The van der Waals surface area contributed by atoms with Crippen LogP contribution in [0.1, 0.15) is 28.4 Å². The predicted molar refractivity (Wildman–Crippen MR) is 123 cm³/mol. The maximum atomic E-state index is 12.9. The van der Waals surface area contributed by atoms with Crippen LogP contribution in [-0.2, 0) is 11.2 Å². The Labute approximate surface area is 178 Å². The van der Waals surface area contributed by atoms with Gasteiger partial charge in [0.25, 0.3) is 0 Å². The van der Waals surface area contributed by atoms with Gasteiger partial charge < -0.3 is 4.90 Å². The van der Waals surface area contributed by atoms with Gasteiger partial charge in [0.05, 0.1) is 6.42 Å². The molecule has 3 heteroatoms. The molecule has 0 radical (unpaired) electrons. The van der Waals surface area contributed by atoms with E-state index in [1.807, 2.05) is 30.0 Å². The van der Waals surface area contributed by atoms with E-state index in [-0.39, 0.29) is 5.91 Å². The molecule has 3 aromatic carbocycles. The highest BCUT2D eigenvalue weighted by Gasteiger charge is 2.22. The summed E-state index contributed by atoms with van der Waals surface area (Å²) in [5.74, 6) is 1.24. The van der Waals surface area contributed by atoms with Gasteiger partial charge in [0.1, 0.15) is 0 Å². The molecule has 0 aliphatic carbocycles. The van der Waals surface area contributed by atoms with Crippen LogP contribution in [0.25, 0.3) is 11.1 Å². The summed E-state index contributed by atoms with van der Waals surface area (Å²) in [6.45, 7) is 3.86. The molecule has 29 heavy (non-hydrogen) atoms. The number of nitrogens with zero attached hydrogens (tertiary/aromatic N) is 1. The van der Waals surface area contributed by atoms with Crippen molar-refractivity contribution in [2.75, 3.05) is 18.8 Å². The molecule has 148 valence electrons. The highest BCUT2D eigenvalue weighted by Crippen LogP contribution is 2.36. The maximum Gasteiger partial charge on any atom is 0.227 e. The van der Waals surface area contributed by atoms with Crippen molar-refractivity contribution in [2.45, 2.75) is 25.0 Å². The summed E-state index contributed by atoms with van der Waals surface area (Å²) in [4.78, 5) is 15.0. The van der Waals surface area contributed by atoms with E-state index in [2.05, 4.69) is 72.5 Å². The number of carbonyl (C=O) groups is 1. The van der Waals surface area contributed by atoms with Crippen molar-refractivity contribution in [1.82, 2.24) is 4.90 Å². The average molecular weight is 402 g/mol. The Kier molecular flexibility index (Phi) is 6.36. The average Bonchev–Trinajstić information content (AvgIpc) is 3.02. The summed E-state index contributed by atoms with van der Waals surface area (Å²) in [6.07, 6.45) is 1.50. The summed E-state index contributed by atoms with van der Waals surface area (Å²) < 4.78 is 0. The molecular weight excluding hydrogens is 374 g/mol. The normalized spacial score (nSPS) is 17.0. The van der Waals surface area contributed by atoms with E-state index in [1.165, 1.54) is 22.3 Å². The third-order valence-electron chi connectivity index (χ3n) is 5.65. The number of amides is 1. The van der Waals surface area contributed by atoms with E-state index in [1.54, 1.807) is 0 Å². The van der Waals surface area contributed by atoms with Gasteiger partial charge in [-0.1, -0.05) is 78.9 Å². The topological polar surface area (TPSA) is 20.3 Å². The van der Waals surface area contributed by atoms with Gasteiger partial charge in [0.2, 0.25) is 5.91 Å². The lowest BCUT2D eigenvalue weighted by molar-refractivity contribution is -0.130. The molecule has 1 amide bonds. The molecule has 1 aliphatic heterocycles. The van der Waals surface area contributed by atoms with Crippen molar-refractivity contribution in [3.8, 4) is 11.1 Å². The van der Waals surface area contributed by atoms with Crippen LogP contribution < -0.4 is 0 Å². The van der Waals surface area contributed by atoms with Crippen LogP contribution in [-0.4, -0.2) is 29.6 Å². The third kappa shape index (κ3) is 4.91. The number of hydrogen-bond acceptors (Lipinski definition) is 2. The quantitative estimate of drug-likeness (QED) is 0.541. The fraction of sp³-hybridized carbons (Fsp3) is 0.269. The van der Waals surface area contributed by atoms with Gasteiger partial charge in [-0.2, -0.15) is 11.8 Å². The fourth-order valence-electron chi connectivity index (χ4n) is 3.95. The first-order valence-corrected chi connectivity index (χ1v) is 11.3. The van der Waals surface area contributed by atoms with E-state index in [9.17, 15) is 4.79 Å². The Morgan fingerprint density at radius 3 is 2.34 bits per heavy atom. The zero-order valence-electron chi connectivity index (χ0n) is 16.9. The van der Waals surface area contributed by atoms with Gasteiger partial charge in [-0.3, -0.25) is 4.79 Å². The van der Waals surface area contributed by atoms with Gasteiger partial charge in [0.15, 0.2) is 0 Å². The van der Waals surface area contributed by atoms with Crippen molar-refractivity contribution in [3.05, 3.63) is 95.6 Å². The van der Waals surface area contributed by atoms with Crippen LogP contribution in [0.3, 0.4) is 0 Å². The number of aryl methyl sites for hydroxylation is 1. The van der Waals surface area contributed by atoms with Crippen LogP contribution in [0.2, 0.25) is 0 Å². The lowest BCUT2D eigenvalue weighted by Crippen LogP contribution is -2.34. The number of rotatable bonds is 4. The van der Waals surface area contributed by atoms with Crippen LogP contribution >= 0.6 is 11.8 Å². The molecule has 0 aromatic heterocycles. The second-order valence-electron chi connectivity index (χ2n) is 7.63. The lowest BCUT2D eigenvalue weighted by atomic mass is 10.0. The van der Waals surface area contributed by atoms with Gasteiger partial charge >= 0.3 is 0 Å². The molecule has 3 aromatic rings. The van der Waals surface area contributed by atoms with Gasteiger partial charge in [-0.25, -0.2) is 0 Å². The SMILES string of the molecule is Cc1ccccc1C1CCN(C(=O)Cc2ccc(-c3ccccc3)cc2)CCS1. The molecule has 1 fully saturated rings. The van der Waals surface area contributed by atoms with Crippen molar-refractivity contribution >= 4 is 17.7 Å². The fourth-order valence-corrected chi connectivity index (χ4v) is 5.27. The highest BCUT2D eigenvalue weighted by atomic mass is 32.2.